The van der Waals surface area contributed by atoms with Gasteiger partial charge >= 0.3 is 0 Å². The second-order valence-corrected chi connectivity index (χ2v) is 8.47. The number of pyridine rings is 1. The first-order chi connectivity index (χ1) is 14.4. The molecule has 0 atom stereocenters. The number of hydrogen-bond acceptors (Lipinski definition) is 7. The molecule has 3 rings (SSSR count). The first-order valence-corrected chi connectivity index (χ1v) is 11.1. The number of thioether (sulfide) groups is 1. The Labute approximate surface area is 178 Å². The van der Waals surface area contributed by atoms with Gasteiger partial charge in [0.05, 0.1) is 17.5 Å². The molecule has 0 saturated heterocycles. The van der Waals surface area contributed by atoms with E-state index in [1.807, 2.05) is 6.92 Å². The lowest BCUT2D eigenvalue weighted by Gasteiger charge is -2.11. The summed E-state index contributed by atoms with van der Waals surface area (Å²) in [6, 6.07) is 17.3. The fourth-order valence-electron chi connectivity index (χ4n) is 2.47. The summed E-state index contributed by atoms with van der Waals surface area (Å²) in [4.78, 5) is 15.4. The molecule has 0 aliphatic rings. The Hall–Kier alpha value is -3.17. The summed E-state index contributed by atoms with van der Waals surface area (Å²) in [5, 5.41) is 11.6. The molecule has 154 valence electrons. The Morgan fingerprint density at radius 2 is 1.77 bits per heavy atom. The third-order valence-corrected chi connectivity index (χ3v) is 6.29. The number of benzene rings is 2. The number of aromatic carboxylic acids is 1. The second-order valence-electron chi connectivity index (χ2n) is 5.89. The highest BCUT2D eigenvalue weighted by atomic mass is 32.2. The Bertz CT molecular complexity index is 1160. The van der Waals surface area contributed by atoms with E-state index < -0.39 is 16.0 Å². The summed E-state index contributed by atoms with van der Waals surface area (Å²) >= 11 is 0.844. The van der Waals surface area contributed by atoms with Gasteiger partial charge in [0, 0.05) is 17.3 Å². The zero-order valence-electron chi connectivity index (χ0n) is 15.9. The Morgan fingerprint density at radius 1 is 1.07 bits per heavy atom. The van der Waals surface area contributed by atoms with Crippen LogP contribution < -0.4 is 9.84 Å². The van der Waals surface area contributed by atoms with Crippen LogP contribution in [0.2, 0.25) is 0 Å². The Kier molecular flexibility index (Phi) is 6.86. The SMILES string of the molecule is CCOc1ccc(S(=O)(=O)N=C(Sc2ncccc2C(=O)[O-])c2ccccc2)cc1. The predicted molar refractivity (Wildman–Crippen MR) is 112 cm³/mol. The standard InChI is InChI=1S/C21H18N2O5S2/c1-2-28-16-10-12-17(13-11-16)30(26,27)23-19(15-7-4-3-5-8-15)29-20-18(21(24)25)9-6-14-22-20/h3-14H,2H2,1H3,(H,24,25)/p-1. The average Bonchev–Trinajstić information content (AvgIpc) is 2.74. The first-order valence-electron chi connectivity index (χ1n) is 8.88. The monoisotopic (exact) mass is 441 g/mol. The van der Waals surface area contributed by atoms with Crippen LogP contribution in [0.3, 0.4) is 0 Å². The van der Waals surface area contributed by atoms with E-state index in [1.165, 1.54) is 30.5 Å². The lowest BCUT2D eigenvalue weighted by atomic mass is 10.2. The van der Waals surface area contributed by atoms with Crippen LogP contribution in [0.4, 0.5) is 0 Å². The van der Waals surface area contributed by atoms with Crippen molar-refractivity contribution in [1.29, 1.82) is 0 Å². The number of carboxylic acids is 1. The topological polar surface area (TPSA) is 109 Å². The number of sulfonamides is 1. The van der Waals surface area contributed by atoms with Gasteiger partial charge in [-0.15, -0.1) is 0 Å². The molecule has 7 nitrogen and oxygen atoms in total. The van der Waals surface area contributed by atoms with Crippen molar-refractivity contribution >= 4 is 32.8 Å². The highest BCUT2D eigenvalue weighted by Crippen LogP contribution is 2.27. The normalized spacial score (nSPS) is 11.8. The maximum Gasteiger partial charge on any atom is 0.283 e. The highest BCUT2D eigenvalue weighted by Gasteiger charge is 2.18. The fraction of sp³-hybridized carbons (Fsp3) is 0.0952. The molecule has 3 aromatic rings. The van der Waals surface area contributed by atoms with Crippen LogP contribution in [0.15, 0.2) is 87.2 Å². The number of carbonyl (C=O) groups excluding carboxylic acids is 1. The third-order valence-electron chi connectivity index (χ3n) is 3.84. The van der Waals surface area contributed by atoms with Gasteiger partial charge in [-0.1, -0.05) is 30.3 Å². The van der Waals surface area contributed by atoms with Crippen molar-refractivity contribution in [2.24, 2.45) is 4.40 Å². The molecule has 0 saturated carbocycles. The molecular weight excluding hydrogens is 424 g/mol. The van der Waals surface area contributed by atoms with Crippen LogP contribution in [0.25, 0.3) is 0 Å². The van der Waals surface area contributed by atoms with Crippen molar-refractivity contribution in [2.45, 2.75) is 16.8 Å². The van der Waals surface area contributed by atoms with Gasteiger partial charge in [-0.25, -0.2) is 4.98 Å². The molecule has 0 fully saturated rings. The Morgan fingerprint density at radius 3 is 2.40 bits per heavy atom. The average molecular weight is 442 g/mol. The van der Waals surface area contributed by atoms with Gasteiger partial charge in [0.25, 0.3) is 10.0 Å². The van der Waals surface area contributed by atoms with Gasteiger partial charge < -0.3 is 14.6 Å². The van der Waals surface area contributed by atoms with Crippen molar-refractivity contribution in [3.8, 4) is 5.75 Å². The molecule has 0 aliphatic heterocycles. The largest absolute Gasteiger partial charge is 0.545 e. The molecule has 0 aliphatic carbocycles. The summed E-state index contributed by atoms with van der Waals surface area (Å²) in [7, 11) is -4.07. The third kappa shape index (κ3) is 5.25. The van der Waals surface area contributed by atoms with Gasteiger partial charge in [0.1, 0.15) is 15.8 Å². The molecule has 0 spiro atoms. The number of carbonyl (C=O) groups is 1. The molecule has 2 aromatic carbocycles. The zero-order valence-corrected chi connectivity index (χ0v) is 17.5. The molecule has 0 radical (unpaired) electrons. The summed E-state index contributed by atoms with van der Waals surface area (Å²) in [6.45, 7) is 2.29. The number of ether oxygens (including phenoxy) is 1. The van der Waals surface area contributed by atoms with Crippen molar-refractivity contribution < 1.29 is 23.1 Å². The summed E-state index contributed by atoms with van der Waals surface area (Å²) in [6.07, 6.45) is 1.42. The molecule has 1 aromatic heterocycles. The lowest BCUT2D eigenvalue weighted by Crippen LogP contribution is -2.23. The summed E-state index contributed by atoms with van der Waals surface area (Å²) in [5.41, 5.74) is 0.358. The van der Waals surface area contributed by atoms with Crippen molar-refractivity contribution in [3.05, 3.63) is 84.1 Å². The molecule has 30 heavy (non-hydrogen) atoms. The summed E-state index contributed by atoms with van der Waals surface area (Å²) < 4.78 is 35.1. The van der Waals surface area contributed by atoms with Gasteiger partial charge in [0.15, 0.2) is 0 Å². The van der Waals surface area contributed by atoms with Gasteiger partial charge in [-0.2, -0.15) is 12.8 Å². The summed E-state index contributed by atoms with van der Waals surface area (Å²) in [5.74, 6) is -0.863. The molecule has 0 N–H and O–H groups in total. The number of carboxylic acid groups (broad SMARTS) is 1. The van der Waals surface area contributed by atoms with Crippen LogP contribution in [0, 0.1) is 0 Å². The maximum atomic E-state index is 12.9. The van der Waals surface area contributed by atoms with Crippen molar-refractivity contribution in [3.63, 3.8) is 0 Å². The fourth-order valence-corrected chi connectivity index (χ4v) is 4.63. The van der Waals surface area contributed by atoms with Gasteiger partial charge in [-0.05, 0) is 55.1 Å². The van der Waals surface area contributed by atoms with E-state index in [9.17, 15) is 18.3 Å². The highest BCUT2D eigenvalue weighted by molar-refractivity contribution is 8.15. The van der Waals surface area contributed by atoms with E-state index in [0.29, 0.717) is 17.9 Å². The second kappa shape index (κ2) is 9.55. The molecule has 0 bridgehead atoms. The smallest absolute Gasteiger partial charge is 0.283 e. The van der Waals surface area contributed by atoms with Crippen LogP contribution in [0.5, 0.6) is 5.75 Å². The number of aromatic nitrogens is 1. The van der Waals surface area contributed by atoms with Crippen LogP contribution in [-0.2, 0) is 10.0 Å². The number of rotatable bonds is 7. The van der Waals surface area contributed by atoms with E-state index in [0.717, 1.165) is 11.8 Å². The van der Waals surface area contributed by atoms with Crippen LogP contribution >= 0.6 is 11.8 Å². The van der Waals surface area contributed by atoms with Crippen LogP contribution in [0.1, 0.15) is 22.8 Å². The van der Waals surface area contributed by atoms with E-state index in [1.54, 1.807) is 42.5 Å². The molecule has 0 unspecified atom stereocenters. The van der Waals surface area contributed by atoms with Crippen molar-refractivity contribution in [1.82, 2.24) is 4.98 Å². The van der Waals surface area contributed by atoms with E-state index in [4.69, 9.17) is 4.74 Å². The number of hydrogen-bond donors (Lipinski definition) is 0. The van der Waals surface area contributed by atoms with E-state index in [2.05, 4.69) is 9.38 Å². The van der Waals surface area contributed by atoms with Crippen LogP contribution in [-0.4, -0.2) is 31.0 Å². The predicted octanol–water partition coefficient (Wildman–Crippen LogP) is 2.77. The van der Waals surface area contributed by atoms with Crippen molar-refractivity contribution in [2.75, 3.05) is 6.61 Å². The minimum Gasteiger partial charge on any atom is -0.545 e. The molecular formula is C21H17N2O5S2-. The van der Waals surface area contributed by atoms with E-state index in [-0.39, 0.29) is 20.5 Å². The van der Waals surface area contributed by atoms with E-state index >= 15 is 0 Å². The minimum absolute atomic E-state index is 0.0128. The maximum absolute atomic E-state index is 12.9. The zero-order chi connectivity index (χ0) is 21.6. The molecule has 9 heteroatoms. The molecule has 0 amide bonds. The lowest BCUT2D eigenvalue weighted by molar-refractivity contribution is -0.255. The van der Waals surface area contributed by atoms with Gasteiger partial charge in [0.2, 0.25) is 0 Å². The van der Waals surface area contributed by atoms with Gasteiger partial charge in [-0.3, -0.25) is 0 Å². The minimum atomic E-state index is -4.07. The quantitative estimate of drug-likeness (QED) is 0.315. The first kappa shape index (κ1) is 21.5. The molecule has 1 heterocycles. The number of nitrogens with zero attached hydrogens (tertiary/aromatic N) is 2. The Balaban J connectivity index is 2.04.